The van der Waals surface area contributed by atoms with E-state index in [4.69, 9.17) is 0 Å². The zero-order valence-corrected chi connectivity index (χ0v) is 35.5. The highest BCUT2D eigenvalue weighted by molar-refractivity contribution is 5.82. The van der Waals surface area contributed by atoms with Crippen molar-refractivity contribution in [3.05, 3.63) is 278 Å². The maximum atomic E-state index is 2.31. The third-order valence-electron chi connectivity index (χ3n) is 11.7. The molecule has 0 aromatic heterocycles. The Labute approximate surface area is 377 Å². The van der Waals surface area contributed by atoms with Gasteiger partial charge in [0.05, 0.1) is 0 Å². The lowest BCUT2D eigenvalue weighted by Crippen LogP contribution is -2.09. The predicted octanol–water partition coefficient (Wildman–Crippen LogP) is 17.5. The van der Waals surface area contributed by atoms with Crippen molar-refractivity contribution < 1.29 is 0 Å². The second-order valence-corrected chi connectivity index (χ2v) is 15.8. The van der Waals surface area contributed by atoms with Gasteiger partial charge in [-0.15, -0.1) is 0 Å². The Hall–Kier alpha value is -8.46. The normalized spacial score (nSPS) is 11.1. The van der Waals surface area contributed by atoms with E-state index in [1.54, 1.807) is 0 Å². The highest BCUT2D eigenvalue weighted by atomic mass is 15.1. The quantitative estimate of drug-likeness (QED) is 0.113. The Morgan fingerprint density at radius 1 is 0.172 bits per heavy atom. The Morgan fingerprint density at radius 2 is 0.359 bits per heavy atom. The third kappa shape index (κ3) is 8.95. The van der Waals surface area contributed by atoms with Gasteiger partial charge in [0, 0.05) is 34.1 Å². The molecule has 10 rings (SSSR count). The number of hydrogen-bond acceptors (Lipinski definition) is 2. The highest BCUT2D eigenvalue weighted by Crippen LogP contribution is 2.38. The van der Waals surface area contributed by atoms with Crippen LogP contribution in [0.3, 0.4) is 0 Å². The van der Waals surface area contributed by atoms with Crippen LogP contribution in [0.15, 0.2) is 267 Å². The van der Waals surface area contributed by atoms with Gasteiger partial charge in [-0.05, 0) is 128 Å². The van der Waals surface area contributed by atoms with Crippen molar-refractivity contribution in [2.24, 2.45) is 0 Å². The Morgan fingerprint density at radius 3 is 0.625 bits per heavy atom. The van der Waals surface area contributed by atoms with Gasteiger partial charge >= 0.3 is 0 Å². The Balaban J connectivity index is 0.847. The standard InChI is InChI=1S/C62H46N2/c1-5-13-49(14-6-1)51-27-31-53(32-28-51)55-35-43-61(44-36-55)63(57-17-9-3-10-18-57)59-39-23-47(24-40-59)21-22-48-25-41-60(42-26-48)64(58-19-11-4-12-20-58)62-45-37-56(38-46-62)54-33-29-52(30-34-54)50-15-7-2-8-16-50/h1-46H/b22-21+. The van der Waals surface area contributed by atoms with E-state index >= 15 is 0 Å². The summed E-state index contributed by atoms with van der Waals surface area (Å²) in [5.74, 6) is 0. The van der Waals surface area contributed by atoms with Gasteiger partial charge in [-0.1, -0.05) is 206 Å². The van der Waals surface area contributed by atoms with Gasteiger partial charge in [0.1, 0.15) is 0 Å². The molecule has 0 unspecified atom stereocenters. The summed E-state index contributed by atoms with van der Waals surface area (Å²) in [5, 5.41) is 0. The van der Waals surface area contributed by atoms with Gasteiger partial charge in [0.15, 0.2) is 0 Å². The highest BCUT2D eigenvalue weighted by Gasteiger charge is 2.14. The van der Waals surface area contributed by atoms with E-state index in [0.29, 0.717) is 0 Å². The van der Waals surface area contributed by atoms with Crippen molar-refractivity contribution in [2.75, 3.05) is 9.80 Å². The zero-order chi connectivity index (χ0) is 42.9. The van der Waals surface area contributed by atoms with Crippen LogP contribution in [0.5, 0.6) is 0 Å². The lowest BCUT2D eigenvalue weighted by atomic mass is 10.00. The fraction of sp³-hybridized carbons (Fsp3) is 0. The van der Waals surface area contributed by atoms with Gasteiger partial charge < -0.3 is 9.80 Å². The number of nitrogens with zero attached hydrogens (tertiary/aromatic N) is 2. The molecule has 0 saturated carbocycles. The summed E-state index contributed by atoms with van der Waals surface area (Å²) in [5.41, 5.74) is 18.6. The fourth-order valence-corrected chi connectivity index (χ4v) is 8.29. The van der Waals surface area contributed by atoms with Crippen molar-refractivity contribution in [3.8, 4) is 44.5 Å². The van der Waals surface area contributed by atoms with Crippen LogP contribution >= 0.6 is 0 Å². The molecular formula is C62H46N2. The van der Waals surface area contributed by atoms with Crippen LogP contribution in [-0.2, 0) is 0 Å². The van der Waals surface area contributed by atoms with Crippen LogP contribution in [-0.4, -0.2) is 0 Å². The van der Waals surface area contributed by atoms with Crippen molar-refractivity contribution >= 4 is 46.3 Å². The summed E-state index contributed by atoms with van der Waals surface area (Å²) in [6.07, 6.45) is 4.37. The Kier molecular flexibility index (Phi) is 11.6. The topological polar surface area (TPSA) is 6.48 Å². The van der Waals surface area contributed by atoms with E-state index in [1.807, 2.05) is 0 Å². The molecule has 64 heavy (non-hydrogen) atoms. The van der Waals surface area contributed by atoms with Crippen LogP contribution in [0.1, 0.15) is 11.1 Å². The summed E-state index contributed by atoms with van der Waals surface area (Å²) in [4.78, 5) is 4.62. The second kappa shape index (κ2) is 18.7. The van der Waals surface area contributed by atoms with E-state index in [-0.39, 0.29) is 0 Å². The maximum absolute atomic E-state index is 2.31. The molecule has 10 aromatic carbocycles. The minimum absolute atomic E-state index is 1.10. The van der Waals surface area contributed by atoms with E-state index in [9.17, 15) is 0 Å². The molecule has 2 nitrogen and oxygen atoms in total. The van der Waals surface area contributed by atoms with Gasteiger partial charge in [0.25, 0.3) is 0 Å². The molecular weight excluding hydrogens is 773 g/mol. The van der Waals surface area contributed by atoms with E-state index < -0.39 is 0 Å². The second-order valence-electron chi connectivity index (χ2n) is 15.8. The largest absolute Gasteiger partial charge is 0.311 e. The molecule has 0 atom stereocenters. The first-order chi connectivity index (χ1) is 31.7. The lowest BCUT2D eigenvalue weighted by Gasteiger charge is -2.26. The first-order valence-corrected chi connectivity index (χ1v) is 21.8. The van der Waals surface area contributed by atoms with Crippen LogP contribution in [0.25, 0.3) is 56.7 Å². The lowest BCUT2D eigenvalue weighted by molar-refractivity contribution is 1.28. The number of benzene rings is 10. The minimum atomic E-state index is 1.10. The van der Waals surface area contributed by atoms with Gasteiger partial charge in [0.2, 0.25) is 0 Å². The van der Waals surface area contributed by atoms with Crippen molar-refractivity contribution in [1.29, 1.82) is 0 Å². The average Bonchev–Trinajstić information content (AvgIpc) is 3.38. The van der Waals surface area contributed by atoms with E-state index in [1.165, 1.54) is 44.5 Å². The molecule has 0 N–H and O–H groups in total. The first kappa shape index (κ1) is 39.7. The third-order valence-corrected chi connectivity index (χ3v) is 11.7. The van der Waals surface area contributed by atoms with Crippen LogP contribution in [0.4, 0.5) is 34.1 Å². The SMILES string of the molecule is C(=C\c1ccc(N(c2ccccc2)c2ccc(-c3ccc(-c4ccccc4)cc3)cc2)cc1)/c1ccc(N(c2ccccc2)c2ccc(-c3ccc(-c4ccccc4)cc3)cc2)cc1. The van der Waals surface area contributed by atoms with Crippen LogP contribution in [0.2, 0.25) is 0 Å². The van der Waals surface area contributed by atoms with Gasteiger partial charge in [-0.25, -0.2) is 0 Å². The molecule has 304 valence electrons. The fourth-order valence-electron chi connectivity index (χ4n) is 8.29. The predicted molar refractivity (Wildman–Crippen MR) is 273 cm³/mol. The molecule has 0 radical (unpaired) electrons. The van der Waals surface area contributed by atoms with Gasteiger partial charge in [-0.2, -0.15) is 0 Å². The van der Waals surface area contributed by atoms with Crippen LogP contribution < -0.4 is 9.80 Å². The van der Waals surface area contributed by atoms with Gasteiger partial charge in [-0.3, -0.25) is 0 Å². The Bertz CT molecular complexity index is 2840. The summed E-state index contributed by atoms with van der Waals surface area (Å²) in [6, 6.07) is 95.1. The number of hydrogen-bond donors (Lipinski definition) is 0. The number of rotatable bonds is 12. The molecule has 0 aliphatic rings. The van der Waals surface area contributed by atoms with E-state index in [2.05, 4.69) is 289 Å². The summed E-state index contributed by atoms with van der Waals surface area (Å²) >= 11 is 0. The molecule has 0 saturated heterocycles. The molecule has 0 aliphatic carbocycles. The molecule has 0 fully saturated rings. The number of para-hydroxylation sites is 2. The minimum Gasteiger partial charge on any atom is -0.311 e. The first-order valence-electron chi connectivity index (χ1n) is 21.8. The molecule has 2 heteroatoms. The van der Waals surface area contributed by atoms with Crippen molar-refractivity contribution in [3.63, 3.8) is 0 Å². The number of anilines is 6. The van der Waals surface area contributed by atoms with E-state index in [0.717, 1.165) is 45.3 Å². The monoisotopic (exact) mass is 818 g/mol. The molecule has 0 heterocycles. The molecule has 0 spiro atoms. The molecule has 10 aromatic rings. The van der Waals surface area contributed by atoms with Crippen molar-refractivity contribution in [2.45, 2.75) is 0 Å². The summed E-state index contributed by atoms with van der Waals surface area (Å²) in [6.45, 7) is 0. The summed E-state index contributed by atoms with van der Waals surface area (Å²) < 4.78 is 0. The maximum Gasteiger partial charge on any atom is 0.0462 e. The smallest absolute Gasteiger partial charge is 0.0462 e. The molecule has 0 amide bonds. The van der Waals surface area contributed by atoms with Crippen LogP contribution in [0, 0.1) is 0 Å². The molecule has 0 bridgehead atoms. The van der Waals surface area contributed by atoms with Crippen molar-refractivity contribution in [1.82, 2.24) is 0 Å². The zero-order valence-electron chi connectivity index (χ0n) is 35.5. The average molecular weight is 819 g/mol. The molecule has 0 aliphatic heterocycles. The summed E-state index contributed by atoms with van der Waals surface area (Å²) in [7, 11) is 0.